The molecule has 24 heavy (non-hydrogen) atoms. The third kappa shape index (κ3) is 3.75. The smallest absolute Gasteiger partial charge is 0.223 e. The lowest BCUT2D eigenvalue weighted by Gasteiger charge is -2.19. The first kappa shape index (κ1) is 16.9. The normalized spacial score (nSPS) is 18.2. The Morgan fingerprint density at radius 1 is 1.38 bits per heavy atom. The molecule has 0 bridgehead atoms. The molecule has 6 heteroatoms. The number of likely N-dealkylation sites (tertiary alicyclic amines) is 1. The van der Waals surface area contributed by atoms with Gasteiger partial charge in [-0.2, -0.15) is 5.10 Å². The van der Waals surface area contributed by atoms with E-state index in [1.54, 1.807) is 0 Å². The molecule has 0 saturated carbocycles. The van der Waals surface area contributed by atoms with E-state index in [4.69, 9.17) is 0 Å². The minimum absolute atomic E-state index is 0.690. The van der Waals surface area contributed by atoms with Crippen molar-refractivity contribution in [3.8, 4) is 11.3 Å². The lowest BCUT2D eigenvalue weighted by molar-refractivity contribution is 0.301. The molecular formula is C18H28N6. The van der Waals surface area contributed by atoms with Gasteiger partial charge in [0.25, 0.3) is 0 Å². The maximum Gasteiger partial charge on any atom is 0.223 e. The third-order valence-electron chi connectivity index (χ3n) is 4.90. The van der Waals surface area contributed by atoms with Crippen molar-refractivity contribution in [2.75, 3.05) is 25.5 Å². The molecule has 0 spiro atoms. The van der Waals surface area contributed by atoms with E-state index in [0.29, 0.717) is 12.0 Å². The average Bonchev–Trinajstić information content (AvgIpc) is 3.15. The van der Waals surface area contributed by atoms with Crippen LogP contribution in [0.2, 0.25) is 0 Å². The summed E-state index contributed by atoms with van der Waals surface area (Å²) in [5, 5.41) is 7.84. The van der Waals surface area contributed by atoms with Crippen molar-refractivity contribution in [2.45, 2.75) is 52.1 Å². The van der Waals surface area contributed by atoms with Crippen LogP contribution in [0.1, 0.15) is 38.3 Å². The molecule has 2 aromatic rings. The molecule has 3 heterocycles. The Kier molecular flexibility index (Phi) is 5.45. The Balaban J connectivity index is 1.63. The Hall–Kier alpha value is -1.95. The summed E-state index contributed by atoms with van der Waals surface area (Å²) in [6.45, 7) is 7.33. The predicted molar refractivity (Wildman–Crippen MR) is 97.0 cm³/mol. The zero-order chi connectivity index (χ0) is 16.9. The van der Waals surface area contributed by atoms with Crippen LogP contribution < -0.4 is 5.32 Å². The quantitative estimate of drug-likeness (QED) is 0.847. The van der Waals surface area contributed by atoms with Crippen LogP contribution in [0.25, 0.3) is 11.3 Å². The lowest BCUT2D eigenvalue weighted by Crippen LogP contribution is -2.27. The molecule has 2 aromatic heterocycles. The Morgan fingerprint density at radius 2 is 2.25 bits per heavy atom. The highest BCUT2D eigenvalue weighted by molar-refractivity contribution is 5.61. The first-order valence-electron chi connectivity index (χ1n) is 8.99. The maximum atomic E-state index is 4.67. The second kappa shape index (κ2) is 7.75. The standard InChI is InChI=1S/C18H28N6/c1-4-11-24-14(2)16(13-21-24)17-8-10-20-18(22-17)19-9-7-15-6-5-12-23(15)3/h8,10,13,15H,4-7,9,11-12H2,1-3H3,(H,19,20,22)/t15-/m1/s1. The molecule has 1 N–H and O–H groups in total. The SMILES string of the molecule is CCCn1ncc(-c2ccnc(NCC[C@H]3CCCN3C)n2)c1C. The number of rotatable bonds is 7. The van der Waals surface area contributed by atoms with Gasteiger partial charge in [0.15, 0.2) is 0 Å². The van der Waals surface area contributed by atoms with Gasteiger partial charge in [-0.1, -0.05) is 6.92 Å². The van der Waals surface area contributed by atoms with E-state index in [2.05, 4.69) is 46.2 Å². The molecule has 0 amide bonds. The van der Waals surface area contributed by atoms with Gasteiger partial charge in [-0.3, -0.25) is 4.68 Å². The second-order valence-electron chi connectivity index (χ2n) is 6.62. The van der Waals surface area contributed by atoms with Crippen LogP contribution >= 0.6 is 0 Å². The van der Waals surface area contributed by atoms with Gasteiger partial charge < -0.3 is 10.2 Å². The van der Waals surface area contributed by atoms with Gasteiger partial charge in [0.2, 0.25) is 5.95 Å². The fourth-order valence-corrected chi connectivity index (χ4v) is 3.42. The maximum absolute atomic E-state index is 4.67. The van der Waals surface area contributed by atoms with Crippen LogP contribution in [0, 0.1) is 6.92 Å². The van der Waals surface area contributed by atoms with E-state index < -0.39 is 0 Å². The van der Waals surface area contributed by atoms with Crippen molar-refractivity contribution in [1.82, 2.24) is 24.6 Å². The molecule has 0 aromatic carbocycles. The Labute approximate surface area is 144 Å². The van der Waals surface area contributed by atoms with Crippen molar-refractivity contribution in [1.29, 1.82) is 0 Å². The average molecular weight is 328 g/mol. The van der Waals surface area contributed by atoms with Crippen LogP contribution in [0.15, 0.2) is 18.5 Å². The molecule has 0 unspecified atom stereocenters. The van der Waals surface area contributed by atoms with Crippen molar-refractivity contribution in [3.05, 3.63) is 24.2 Å². The highest BCUT2D eigenvalue weighted by Crippen LogP contribution is 2.22. The van der Waals surface area contributed by atoms with E-state index in [9.17, 15) is 0 Å². The predicted octanol–water partition coefficient (Wildman–Crippen LogP) is 2.95. The third-order valence-corrected chi connectivity index (χ3v) is 4.90. The van der Waals surface area contributed by atoms with Crippen LogP contribution in [-0.4, -0.2) is 50.8 Å². The Bertz CT molecular complexity index is 665. The molecule has 1 fully saturated rings. The molecule has 0 radical (unpaired) electrons. The molecule has 1 aliphatic heterocycles. The first-order chi connectivity index (χ1) is 11.7. The Morgan fingerprint density at radius 3 is 3.00 bits per heavy atom. The van der Waals surface area contributed by atoms with Gasteiger partial charge in [-0.15, -0.1) is 0 Å². The molecule has 1 atom stereocenters. The summed E-state index contributed by atoms with van der Waals surface area (Å²) in [4.78, 5) is 11.5. The number of hydrogen-bond donors (Lipinski definition) is 1. The van der Waals surface area contributed by atoms with Gasteiger partial charge in [-0.25, -0.2) is 9.97 Å². The summed E-state index contributed by atoms with van der Waals surface area (Å²) in [6.07, 6.45) is 8.56. The molecular weight excluding hydrogens is 300 g/mol. The summed E-state index contributed by atoms with van der Waals surface area (Å²) >= 11 is 0. The number of aromatic nitrogens is 4. The fourth-order valence-electron chi connectivity index (χ4n) is 3.42. The molecule has 6 nitrogen and oxygen atoms in total. The second-order valence-corrected chi connectivity index (χ2v) is 6.62. The zero-order valence-electron chi connectivity index (χ0n) is 15.0. The minimum atomic E-state index is 0.690. The van der Waals surface area contributed by atoms with Crippen LogP contribution in [-0.2, 0) is 6.54 Å². The number of hydrogen-bond acceptors (Lipinski definition) is 5. The lowest BCUT2D eigenvalue weighted by atomic mass is 10.1. The highest BCUT2D eigenvalue weighted by Gasteiger charge is 2.20. The van der Waals surface area contributed by atoms with E-state index in [1.165, 1.54) is 19.4 Å². The topological polar surface area (TPSA) is 58.9 Å². The molecule has 1 saturated heterocycles. The summed E-state index contributed by atoms with van der Waals surface area (Å²) in [5.41, 5.74) is 3.18. The van der Waals surface area contributed by atoms with Gasteiger partial charge >= 0.3 is 0 Å². The van der Waals surface area contributed by atoms with Crippen LogP contribution in [0.5, 0.6) is 0 Å². The number of aryl methyl sites for hydroxylation is 1. The van der Waals surface area contributed by atoms with Crippen molar-refractivity contribution < 1.29 is 0 Å². The van der Waals surface area contributed by atoms with Crippen LogP contribution in [0.3, 0.4) is 0 Å². The monoisotopic (exact) mass is 328 g/mol. The van der Waals surface area contributed by atoms with E-state index in [0.717, 1.165) is 42.9 Å². The van der Waals surface area contributed by atoms with Gasteiger partial charge in [0.05, 0.1) is 11.9 Å². The number of anilines is 1. The number of nitrogens with zero attached hydrogens (tertiary/aromatic N) is 5. The molecule has 3 rings (SSSR count). The molecule has 0 aliphatic carbocycles. The number of nitrogens with one attached hydrogen (secondary N) is 1. The summed E-state index contributed by atoms with van der Waals surface area (Å²) in [5.74, 6) is 0.704. The zero-order valence-corrected chi connectivity index (χ0v) is 15.0. The fraction of sp³-hybridized carbons (Fsp3) is 0.611. The minimum Gasteiger partial charge on any atom is -0.354 e. The van der Waals surface area contributed by atoms with E-state index >= 15 is 0 Å². The molecule has 130 valence electrons. The van der Waals surface area contributed by atoms with Gasteiger partial charge in [0.1, 0.15) is 0 Å². The van der Waals surface area contributed by atoms with Crippen molar-refractivity contribution in [2.24, 2.45) is 0 Å². The summed E-state index contributed by atoms with van der Waals surface area (Å²) < 4.78 is 2.04. The van der Waals surface area contributed by atoms with Crippen molar-refractivity contribution >= 4 is 5.95 Å². The molecule has 1 aliphatic rings. The summed E-state index contributed by atoms with van der Waals surface area (Å²) in [6, 6.07) is 2.64. The van der Waals surface area contributed by atoms with Crippen molar-refractivity contribution in [3.63, 3.8) is 0 Å². The van der Waals surface area contributed by atoms with E-state index in [1.807, 2.05) is 23.1 Å². The first-order valence-corrected chi connectivity index (χ1v) is 8.99. The summed E-state index contributed by atoms with van der Waals surface area (Å²) in [7, 11) is 2.21. The van der Waals surface area contributed by atoms with E-state index in [-0.39, 0.29) is 0 Å². The largest absolute Gasteiger partial charge is 0.354 e. The van der Waals surface area contributed by atoms with Gasteiger partial charge in [0, 0.05) is 36.6 Å². The van der Waals surface area contributed by atoms with Gasteiger partial charge in [-0.05, 0) is 52.3 Å². The van der Waals surface area contributed by atoms with Crippen LogP contribution in [0.4, 0.5) is 5.95 Å². The highest BCUT2D eigenvalue weighted by atomic mass is 15.3.